The Bertz CT molecular complexity index is 2520. The van der Waals surface area contributed by atoms with Gasteiger partial charge in [-0.1, -0.05) is 62.1 Å². The molecule has 0 N–H and O–H groups in total. The number of benzene rings is 5. The van der Waals surface area contributed by atoms with Gasteiger partial charge in [0.1, 0.15) is 0 Å². The molecule has 3 heterocycles. The Morgan fingerprint density at radius 1 is 0.712 bits per heavy atom. The van der Waals surface area contributed by atoms with Crippen LogP contribution in [0.5, 0.6) is 0 Å². The molecule has 8 aromatic rings. The molecule has 0 bridgehead atoms. The molecule has 8 rings (SSSR count). The molecule has 0 amide bonds. The van der Waals surface area contributed by atoms with Crippen LogP contribution in [0.2, 0.25) is 36.9 Å². The van der Waals surface area contributed by atoms with E-state index in [1.807, 2.05) is 73.1 Å². The van der Waals surface area contributed by atoms with Gasteiger partial charge < -0.3 is 4.98 Å². The fraction of sp³-hybridized carbons (Fsp3) is 0.174. The SMILES string of the molecule is C[Si](C)(C)c1ccc(-c2[c-]cccc2)nc1.[2H]C(C)(c1ccnc(-c2[c-]ccc3c2sc2c[c]([Ge]([CH3])([CH3])[CH3])ccc23)c1)c1ccc2ccccc2c1.[Ir]. The van der Waals surface area contributed by atoms with Crippen LogP contribution in [0.4, 0.5) is 0 Å². The predicted molar refractivity (Wildman–Crippen MR) is 227 cm³/mol. The van der Waals surface area contributed by atoms with Crippen LogP contribution in [-0.4, -0.2) is 31.3 Å². The second-order valence-electron chi connectivity index (χ2n) is 15.2. The predicted octanol–water partition coefficient (Wildman–Crippen LogP) is 11.9. The average Bonchev–Trinajstić information content (AvgIpc) is 3.53. The van der Waals surface area contributed by atoms with Crippen molar-refractivity contribution in [2.75, 3.05) is 0 Å². The monoisotopic (exact) mass is 952 g/mol. The van der Waals surface area contributed by atoms with Crippen LogP contribution in [-0.2, 0) is 20.1 Å². The average molecular weight is 951 g/mol. The number of rotatable bonds is 6. The van der Waals surface area contributed by atoms with E-state index in [9.17, 15) is 1.37 Å². The molecule has 1 radical (unpaired) electrons. The summed E-state index contributed by atoms with van der Waals surface area (Å²) in [7, 11) is -1.23. The maximum atomic E-state index is 9.35. The Kier molecular flexibility index (Phi) is 11.1. The van der Waals surface area contributed by atoms with E-state index >= 15 is 0 Å². The molecule has 1 atom stereocenters. The first-order valence-corrected chi connectivity index (χ1v) is 29.2. The van der Waals surface area contributed by atoms with E-state index < -0.39 is 27.2 Å². The topological polar surface area (TPSA) is 25.8 Å². The van der Waals surface area contributed by atoms with Crippen molar-refractivity contribution < 1.29 is 21.5 Å². The van der Waals surface area contributed by atoms with E-state index in [1.165, 1.54) is 35.1 Å². The Morgan fingerprint density at radius 3 is 2.19 bits per heavy atom. The van der Waals surface area contributed by atoms with Crippen LogP contribution in [0.25, 0.3) is 53.5 Å². The molecule has 0 aliphatic carbocycles. The van der Waals surface area contributed by atoms with Gasteiger partial charge in [-0.25, -0.2) is 0 Å². The summed E-state index contributed by atoms with van der Waals surface area (Å²) in [5, 5.41) is 6.30. The van der Waals surface area contributed by atoms with Crippen LogP contribution in [0.3, 0.4) is 0 Å². The number of pyridine rings is 2. The summed E-state index contributed by atoms with van der Waals surface area (Å²) in [6.45, 7) is 8.97. The van der Waals surface area contributed by atoms with Gasteiger partial charge in [-0.15, -0.1) is 35.9 Å². The zero-order valence-electron chi connectivity index (χ0n) is 31.8. The third-order valence-corrected chi connectivity index (χ3v) is 17.0. The van der Waals surface area contributed by atoms with Crippen molar-refractivity contribution >= 4 is 73.2 Å². The van der Waals surface area contributed by atoms with Crippen LogP contribution in [0.1, 0.15) is 25.3 Å². The molecule has 3 aromatic heterocycles. The number of aromatic nitrogens is 2. The molecule has 0 aliphatic heterocycles. The van der Waals surface area contributed by atoms with Crippen LogP contribution < -0.4 is 9.58 Å². The van der Waals surface area contributed by atoms with E-state index in [1.54, 1.807) is 0 Å². The van der Waals surface area contributed by atoms with Crippen LogP contribution in [0, 0.1) is 12.1 Å². The molecular formula is C46H44GeIrN2SSi-2. The smallest absolute Gasteiger partial charge is 0.0616 e. The van der Waals surface area contributed by atoms with Gasteiger partial charge in [-0.2, -0.15) is 0 Å². The van der Waals surface area contributed by atoms with Gasteiger partial charge in [-0.3, -0.25) is 0 Å². The molecule has 1 unspecified atom stereocenters. The standard InChI is InChI=1S/C32H28GeNS.C14H16NSi.Ir/c1-21(23-13-12-22-8-5-6-9-25(22)18-23)24-16-17-34-30(19-24)29-11-7-10-28-27-15-14-26(33(2,3)4)20-31(27)35-32(28)29;1-16(2,3)13-9-10-14(15-11-13)12-7-5-4-6-8-12;/h5-10,12-21H,1-4H3;4-7,9-11H,1-3H3;/q2*-1;/i21D;;. The summed E-state index contributed by atoms with van der Waals surface area (Å²) in [5.74, 6) is 6.42. The van der Waals surface area contributed by atoms with Crippen molar-refractivity contribution in [3.05, 3.63) is 157 Å². The Morgan fingerprint density at radius 2 is 1.48 bits per heavy atom. The quantitative estimate of drug-likeness (QED) is 0.123. The van der Waals surface area contributed by atoms with Crippen molar-refractivity contribution in [3.8, 4) is 22.5 Å². The molecule has 0 saturated heterocycles. The third kappa shape index (κ3) is 8.25. The summed E-state index contributed by atoms with van der Waals surface area (Å²) in [5.41, 5.74) is 5.86. The summed E-state index contributed by atoms with van der Waals surface area (Å²) >= 11 is -0.0769. The van der Waals surface area contributed by atoms with E-state index in [0.29, 0.717) is 0 Å². The maximum absolute atomic E-state index is 9.35. The summed E-state index contributed by atoms with van der Waals surface area (Å²) in [6.07, 6.45) is 3.85. The Labute approximate surface area is 331 Å². The second kappa shape index (κ2) is 15.7. The molecule has 0 aliphatic rings. The molecule has 52 heavy (non-hydrogen) atoms. The summed E-state index contributed by atoms with van der Waals surface area (Å²) in [4.78, 5) is 9.26. The fourth-order valence-corrected chi connectivity index (χ4v) is 11.3. The van der Waals surface area contributed by atoms with Gasteiger partial charge in [-0.05, 0) is 21.7 Å². The van der Waals surface area contributed by atoms with Gasteiger partial charge in [0.25, 0.3) is 0 Å². The van der Waals surface area contributed by atoms with Crippen LogP contribution >= 0.6 is 11.3 Å². The minimum Gasteiger partial charge on any atom is -0.0616 e. The fourth-order valence-electron chi connectivity index (χ4n) is 6.34. The molecular weight excluding hydrogens is 905 g/mol. The van der Waals surface area contributed by atoms with Gasteiger partial charge in [0, 0.05) is 26.3 Å². The van der Waals surface area contributed by atoms with Gasteiger partial charge in [0.15, 0.2) is 0 Å². The van der Waals surface area contributed by atoms with Gasteiger partial charge in [0.2, 0.25) is 0 Å². The number of hydrogen-bond donors (Lipinski definition) is 0. The Balaban J connectivity index is 0.000000238. The molecule has 0 saturated carbocycles. The van der Waals surface area contributed by atoms with Crippen molar-refractivity contribution in [3.63, 3.8) is 0 Å². The molecule has 263 valence electrons. The first kappa shape index (κ1) is 36.6. The van der Waals surface area contributed by atoms with Gasteiger partial charge >= 0.3 is 175 Å². The van der Waals surface area contributed by atoms with Crippen molar-refractivity contribution in [2.24, 2.45) is 0 Å². The zero-order chi connectivity index (χ0) is 36.7. The first-order valence-electron chi connectivity index (χ1n) is 18.1. The molecule has 0 spiro atoms. The Hall–Kier alpha value is -3.71. The minimum atomic E-state index is -1.91. The van der Waals surface area contributed by atoms with Crippen molar-refractivity contribution in [1.82, 2.24) is 9.97 Å². The van der Waals surface area contributed by atoms with E-state index in [2.05, 4.69) is 133 Å². The number of fused-ring (bicyclic) bond motifs is 4. The van der Waals surface area contributed by atoms with Crippen molar-refractivity contribution in [2.45, 2.75) is 49.7 Å². The molecule has 0 fully saturated rings. The first-order chi connectivity index (χ1) is 24.8. The number of hydrogen-bond acceptors (Lipinski definition) is 3. The van der Waals surface area contributed by atoms with Crippen LogP contribution in [0.15, 0.2) is 134 Å². The second-order valence-corrected chi connectivity index (χ2v) is 32.0. The molecule has 5 aromatic carbocycles. The van der Waals surface area contributed by atoms with E-state index in [4.69, 9.17) is 4.98 Å². The zero-order valence-corrected chi connectivity index (χ0v) is 37.1. The van der Waals surface area contributed by atoms with E-state index in [0.717, 1.165) is 39.0 Å². The van der Waals surface area contributed by atoms with Crippen molar-refractivity contribution in [1.29, 1.82) is 0 Å². The number of nitrogens with zero attached hydrogens (tertiary/aromatic N) is 2. The van der Waals surface area contributed by atoms with E-state index in [-0.39, 0.29) is 20.1 Å². The summed E-state index contributed by atoms with van der Waals surface area (Å²) < 4.78 is 13.4. The van der Waals surface area contributed by atoms with Gasteiger partial charge in [0.05, 0.1) is 8.07 Å². The molecule has 6 heteroatoms. The summed E-state index contributed by atoms with van der Waals surface area (Å²) in [6, 6.07) is 48.8. The number of thiophene rings is 1. The third-order valence-electron chi connectivity index (χ3n) is 9.55. The molecule has 2 nitrogen and oxygen atoms in total. The minimum absolute atomic E-state index is 0. The normalized spacial score (nSPS) is 13.2.